The summed E-state index contributed by atoms with van der Waals surface area (Å²) < 4.78 is 2.38. The Balaban J connectivity index is 1.99. The van der Waals surface area contributed by atoms with E-state index in [0.29, 0.717) is 17.9 Å². The van der Waals surface area contributed by atoms with Crippen LogP contribution in [0.3, 0.4) is 0 Å². The molecule has 0 saturated carbocycles. The molecule has 0 radical (unpaired) electrons. The Morgan fingerprint density at radius 1 is 1.20 bits per heavy atom. The molecule has 2 saturated heterocycles. The van der Waals surface area contributed by atoms with E-state index in [-0.39, 0.29) is 11.2 Å². The van der Waals surface area contributed by atoms with Gasteiger partial charge in [-0.3, -0.25) is 9.36 Å². The highest BCUT2D eigenvalue weighted by Gasteiger charge is 2.35. The monoisotopic (exact) mass is 279 g/mol. The fraction of sp³-hybridized carbons (Fsp3) is 0.769. The second-order valence-electron chi connectivity index (χ2n) is 5.70. The molecule has 7 nitrogen and oxygen atoms in total. The van der Waals surface area contributed by atoms with Gasteiger partial charge in [0.05, 0.1) is 0 Å². The largest absolute Gasteiger partial charge is 0.346 e. The predicted molar refractivity (Wildman–Crippen MR) is 76.1 cm³/mol. The molecule has 1 aromatic rings. The maximum atomic E-state index is 12.3. The molecule has 110 valence electrons. The Morgan fingerprint density at radius 3 is 2.70 bits per heavy atom. The van der Waals surface area contributed by atoms with Gasteiger partial charge >= 0.3 is 5.69 Å². The number of nitrogens with one attached hydrogen (secondary N) is 1. The number of rotatable bonds is 2. The molecule has 2 atom stereocenters. The lowest BCUT2D eigenvalue weighted by Gasteiger charge is -2.30. The number of anilines is 1. The van der Waals surface area contributed by atoms with Gasteiger partial charge in [-0.15, -0.1) is 5.10 Å². The Morgan fingerprint density at radius 2 is 2.00 bits per heavy atom. The molecular weight excluding hydrogens is 258 g/mol. The molecule has 20 heavy (non-hydrogen) atoms. The average molecular weight is 279 g/mol. The fourth-order valence-corrected chi connectivity index (χ4v) is 3.38. The predicted octanol–water partition coefficient (Wildman–Crippen LogP) is -0.800. The minimum atomic E-state index is -0.381. The number of hydrogen-bond donors (Lipinski definition) is 1. The van der Waals surface area contributed by atoms with Crippen molar-refractivity contribution in [2.24, 2.45) is 14.1 Å². The molecule has 0 aromatic carbocycles. The zero-order chi connectivity index (χ0) is 14.3. The van der Waals surface area contributed by atoms with Crippen molar-refractivity contribution >= 4 is 5.82 Å². The topological polar surface area (TPSA) is 72.2 Å². The molecule has 3 heterocycles. The third-order valence-corrected chi connectivity index (χ3v) is 4.44. The summed E-state index contributed by atoms with van der Waals surface area (Å²) in [5.41, 5.74) is -0.675. The first-order valence-corrected chi connectivity index (χ1v) is 7.24. The fourth-order valence-electron chi connectivity index (χ4n) is 3.38. The van der Waals surface area contributed by atoms with Crippen molar-refractivity contribution in [1.82, 2.24) is 19.7 Å². The van der Waals surface area contributed by atoms with Gasteiger partial charge in [0.2, 0.25) is 5.82 Å². The first kappa shape index (κ1) is 13.4. The maximum absolute atomic E-state index is 12.3. The number of nitrogens with zero attached hydrogens (tertiary/aromatic N) is 4. The van der Waals surface area contributed by atoms with Crippen LogP contribution < -0.4 is 21.5 Å². The smallest absolute Gasteiger partial charge is 0.346 e. The van der Waals surface area contributed by atoms with Crippen LogP contribution in [0.4, 0.5) is 5.82 Å². The lowest BCUT2D eigenvalue weighted by molar-refractivity contribution is 0.473. The Hall–Kier alpha value is -1.63. The molecule has 0 amide bonds. The van der Waals surface area contributed by atoms with E-state index in [0.717, 1.165) is 36.9 Å². The molecule has 2 fully saturated rings. The second-order valence-corrected chi connectivity index (χ2v) is 5.70. The lowest BCUT2D eigenvalue weighted by Crippen LogP contribution is -2.49. The second kappa shape index (κ2) is 5.05. The highest BCUT2D eigenvalue weighted by Crippen LogP contribution is 2.26. The third-order valence-electron chi connectivity index (χ3n) is 4.44. The minimum Gasteiger partial charge on any atom is -0.346 e. The highest BCUT2D eigenvalue weighted by atomic mass is 16.2. The van der Waals surface area contributed by atoms with Crippen LogP contribution in [0.2, 0.25) is 0 Å². The van der Waals surface area contributed by atoms with Gasteiger partial charge in [0.25, 0.3) is 5.56 Å². The van der Waals surface area contributed by atoms with E-state index in [9.17, 15) is 9.59 Å². The number of hydrogen-bond acceptors (Lipinski definition) is 5. The quantitative estimate of drug-likeness (QED) is 0.767. The molecule has 7 heteroatoms. The van der Waals surface area contributed by atoms with E-state index in [2.05, 4.69) is 15.3 Å². The highest BCUT2D eigenvalue weighted by molar-refractivity contribution is 5.39. The maximum Gasteiger partial charge on any atom is 0.346 e. The van der Waals surface area contributed by atoms with Crippen molar-refractivity contribution < 1.29 is 0 Å². The molecule has 1 aromatic heterocycles. The SMILES string of the molecule is Cn1nc(N2CCCC2C2CCCN2)c(=O)n(C)c1=O. The third kappa shape index (κ3) is 2.06. The van der Waals surface area contributed by atoms with Crippen LogP contribution in [0, 0.1) is 0 Å². The van der Waals surface area contributed by atoms with Crippen LogP contribution in [0.5, 0.6) is 0 Å². The van der Waals surface area contributed by atoms with Crippen LogP contribution in [-0.4, -0.2) is 39.5 Å². The van der Waals surface area contributed by atoms with Gasteiger partial charge in [-0.1, -0.05) is 0 Å². The Bertz CT molecular complexity index is 614. The number of aryl methyl sites for hydroxylation is 1. The van der Waals surface area contributed by atoms with Gasteiger partial charge < -0.3 is 10.2 Å². The first-order chi connectivity index (χ1) is 9.59. The minimum absolute atomic E-state index is 0.294. The van der Waals surface area contributed by atoms with Crippen LogP contribution >= 0.6 is 0 Å². The summed E-state index contributed by atoms with van der Waals surface area (Å²) in [6.45, 7) is 1.89. The van der Waals surface area contributed by atoms with Crippen molar-refractivity contribution in [1.29, 1.82) is 0 Å². The molecule has 3 rings (SSSR count). The van der Waals surface area contributed by atoms with E-state index in [1.165, 1.54) is 18.2 Å². The summed E-state index contributed by atoms with van der Waals surface area (Å²) in [5, 5.41) is 7.72. The van der Waals surface area contributed by atoms with Crippen molar-refractivity contribution in [3.05, 3.63) is 20.8 Å². The van der Waals surface area contributed by atoms with Gasteiger partial charge in [-0.2, -0.15) is 0 Å². The van der Waals surface area contributed by atoms with E-state index in [4.69, 9.17) is 0 Å². The van der Waals surface area contributed by atoms with Gasteiger partial charge in [0, 0.05) is 32.7 Å². The molecule has 0 aliphatic carbocycles. The average Bonchev–Trinajstić information content (AvgIpc) is 3.10. The van der Waals surface area contributed by atoms with E-state index in [1.807, 2.05) is 0 Å². The first-order valence-electron chi connectivity index (χ1n) is 7.24. The van der Waals surface area contributed by atoms with E-state index >= 15 is 0 Å². The molecule has 2 unspecified atom stereocenters. The Labute approximate surface area is 117 Å². The van der Waals surface area contributed by atoms with Gasteiger partial charge in [-0.05, 0) is 32.2 Å². The van der Waals surface area contributed by atoms with E-state index in [1.54, 1.807) is 7.05 Å². The van der Waals surface area contributed by atoms with Gasteiger partial charge in [0.1, 0.15) is 0 Å². The molecule has 2 aliphatic rings. The van der Waals surface area contributed by atoms with Gasteiger partial charge in [-0.25, -0.2) is 9.48 Å². The van der Waals surface area contributed by atoms with Crippen LogP contribution in [0.25, 0.3) is 0 Å². The Kier molecular flexibility index (Phi) is 3.37. The molecule has 1 N–H and O–H groups in total. The van der Waals surface area contributed by atoms with Crippen LogP contribution in [0.15, 0.2) is 9.59 Å². The number of aromatic nitrogens is 3. The van der Waals surface area contributed by atoms with Crippen LogP contribution in [-0.2, 0) is 14.1 Å². The van der Waals surface area contributed by atoms with Crippen LogP contribution in [0.1, 0.15) is 25.7 Å². The van der Waals surface area contributed by atoms with Gasteiger partial charge in [0.15, 0.2) is 0 Å². The summed E-state index contributed by atoms with van der Waals surface area (Å²) in [6, 6.07) is 0.747. The summed E-state index contributed by atoms with van der Waals surface area (Å²) in [7, 11) is 3.10. The molecule has 2 aliphatic heterocycles. The molecule has 0 bridgehead atoms. The van der Waals surface area contributed by atoms with Crippen molar-refractivity contribution in [2.75, 3.05) is 18.0 Å². The zero-order valence-corrected chi connectivity index (χ0v) is 12.0. The van der Waals surface area contributed by atoms with E-state index < -0.39 is 0 Å². The summed E-state index contributed by atoms with van der Waals surface area (Å²) in [6.07, 6.45) is 4.48. The van der Waals surface area contributed by atoms with Crippen molar-refractivity contribution in [3.63, 3.8) is 0 Å². The molecular formula is C13H21N5O2. The standard InChI is InChI=1S/C13H21N5O2/c1-16-12(19)11(15-17(2)13(16)20)18-8-4-6-10(18)9-5-3-7-14-9/h9-10,14H,3-8H2,1-2H3. The van der Waals surface area contributed by atoms with Crippen molar-refractivity contribution in [2.45, 2.75) is 37.8 Å². The summed E-state index contributed by atoms with van der Waals surface area (Å²) >= 11 is 0. The summed E-state index contributed by atoms with van der Waals surface area (Å²) in [4.78, 5) is 26.1. The molecule has 0 spiro atoms. The van der Waals surface area contributed by atoms with Crippen molar-refractivity contribution in [3.8, 4) is 0 Å². The lowest BCUT2D eigenvalue weighted by atomic mass is 10.0. The summed E-state index contributed by atoms with van der Waals surface area (Å²) in [5.74, 6) is 0.408. The normalized spacial score (nSPS) is 26.4. The zero-order valence-electron chi connectivity index (χ0n) is 12.0.